The molecule has 100 valence electrons. The van der Waals surface area contributed by atoms with Crippen LogP contribution in [0.25, 0.3) is 0 Å². The molecule has 0 bridgehead atoms. The first kappa shape index (κ1) is 13.5. The number of carbonyl (C=O) groups is 1. The number of hydrogen-bond acceptors (Lipinski definition) is 4. The standard InChI is InChI=1S/C13H19NO3S/c1-13(4-6-17-7-5-13)9-14-8-10-2-3-11(18-10)12(15)16/h2-3,14H,4-9H2,1H3,(H,15,16). The molecule has 4 nitrogen and oxygen atoms in total. The molecule has 5 heteroatoms. The van der Waals surface area contributed by atoms with Crippen molar-refractivity contribution in [1.82, 2.24) is 5.32 Å². The number of carboxylic acid groups (broad SMARTS) is 1. The molecular formula is C13H19NO3S. The lowest BCUT2D eigenvalue weighted by atomic mass is 9.82. The quantitative estimate of drug-likeness (QED) is 0.861. The van der Waals surface area contributed by atoms with E-state index in [-0.39, 0.29) is 0 Å². The maximum absolute atomic E-state index is 10.8. The number of hydrogen-bond donors (Lipinski definition) is 2. The van der Waals surface area contributed by atoms with Crippen molar-refractivity contribution < 1.29 is 14.6 Å². The van der Waals surface area contributed by atoms with Crippen LogP contribution in [-0.4, -0.2) is 30.8 Å². The van der Waals surface area contributed by atoms with Crippen molar-refractivity contribution in [3.63, 3.8) is 0 Å². The predicted octanol–water partition coefficient (Wildman–Crippen LogP) is 2.35. The normalized spacial score (nSPS) is 18.7. The second kappa shape index (κ2) is 5.82. The van der Waals surface area contributed by atoms with Gasteiger partial charge in [-0.15, -0.1) is 11.3 Å². The number of nitrogens with one attached hydrogen (secondary N) is 1. The van der Waals surface area contributed by atoms with Gasteiger partial charge in [-0.25, -0.2) is 4.79 Å². The summed E-state index contributed by atoms with van der Waals surface area (Å²) in [6, 6.07) is 3.55. The number of thiophene rings is 1. The van der Waals surface area contributed by atoms with Crippen LogP contribution in [0, 0.1) is 5.41 Å². The summed E-state index contributed by atoms with van der Waals surface area (Å²) in [7, 11) is 0. The Morgan fingerprint density at radius 3 is 2.83 bits per heavy atom. The molecule has 1 aliphatic rings. The second-order valence-corrected chi connectivity index (χ2v) is 6.27. The molecule has 0 atom stereocenters. The van der Waals surface area contributed by atoms with E-state index < -0.39 is 5.97 Å². The van der Waals surface area contributed by atoms with E-state index in [4.69, 9.17) is 9.84 Å². The van der Waals surface area contributed by atoms with Gasteiger partial charge in [0.05, 0.1) is 0 Å². The van der Waals surface area contributed by atoms with E-state index in [9.17, 15) is 4.79 Å². The molecule has 0 aromatic carbocycles. The van der Waals surface area contributed by atoms with Crippen molar-refractivity contribution in [1.29, 1.82) is 0 Å². The summed E-state index contributed by atoms with van der Waals surface area (Å²) >= 11 is 1.34. The van der Waals surface area contributed by atoms with Gasteiger partial charge in [0.2, 0.25) is 0 Å². The lowest BCUT2D eigenvalue weighted by Gasteiger charge is -2.33. The maximum atomic E-state index is 10.8. The van der Waals surface area contributed by atoms with Crippen LogP contribution in [0.1, 0.15) is 34.3 Å². The molecule has 0 unspecified atom stereocenters. The topological polar surface area (TPSA) is 58.6 Å². The first-order chi connectivity index (χ1) is 8.59. The van der Waals surface area contributed by atoms with Crippen molar-refractivity contribution in [2.45, 2.75) is 26.3 Å². The zero-order valence-electron chi connectivity index (χ0n) is 10.6. The Hall–Kier alpha value is -0.910. The fraction of sp³-hybridized carbons (Fsp3) is 0.615. The van der Waals surface area contributed by atoms with Crippen LogP contribution in [0.3, 0.4) is 0 Å². The van der Waals surface area contributed by atoms with Crippen molar-refractivity contribution in [3.8, 4) is 0 Å². The predicted molar refractivity (Wildman–Crippen MR) is 71.1 cm³/mol. The molecule has 2 heterocycles. The van der Waals surface area contributed by atoms with Gasteiger partial charge in [0.15, 0.2) is 0 Å². The highest BCUT2D eigenvalue weighted by atomic mass is 32.1. The van der Waals surface area contributed by atoms with E-state index in [2.05, 4.69) is 12.2 Å². The largest absolute Gasteiger partial charge is 0.477 e. The molecule has 2 rings (SSSR count). The molecular weight excluding hydrogens is 250 g/mol. The third-order valence-corrected chi connectivity index (χ3v) is 4.50. The summed E-state index contributed by atoms with van der Waals surface area (Å²) < 4.78 is 5.37. The van der Waals surface area contributed by atoms with Crippen LogP contribution in [0.2, 0.25) is 0 Å². The van der Waals surface area contributed by atoms with Crippen LogP contribution in [0.4, 0.5) is 0 Å². The van der Waals surface area contributed by atoms with Crippen LogP contribution in [-0.2, 0) is 11.3 Å². The van der Waals surface area contributed by atoms with E-state index in [0.29, 0.717) is 10.3 Å². The summed E-state index contributed by atoms with van der Waals surface area (Å²) in [5.41, 5.74) is 0.311. The molecule has 0 aliphatic carbocycles. The Morgan fingerprint density at radius 1 is 1.50 bits per heavy atom. The van der Waals surface area contributed by atoms with Gasteiger partial charge >= 0.3 is 5.97 Å². The molecule has 1 saturated heterocycles. The summed E-state index contributed by atoms with van der Waals surface area (Å²) in [5, 5.41) is 12.3. The Morgan fingerprint density at radius 2 is 2.22 bits per heavy atom. The highest BCUT2D eigenvalue weighted by molar-refractivity contribution is 7.13. The molecule has 0 radical (unpaired) electrons. The van der Waals surface area contributed by atoms with E-state index in [1.807, 2.05) is 6.07 Å². The minimum atomic E-state index is -0.845. The molecule has 1 aliphatic heterocycles. The first-order valence-electron chi connectivity index (χ1n) is 6.20. The van der Waals surface area contributed by atoms with Gasteiger partial charge in [-0.2, -0.15) is 0 Å². The fourth-order valence-electron chi connectivity index (χ4n) is 2.12. The molecule has 1 aromatic rings. The third-order valence-electron chi connectivity index (χ3n) is 3.42. The number of carboxylic acids is 1. The van der Waals surface area contributed by atoms with Gasteiger partial charge in [-0.05, 0) is 30.4 Å². The lowest BCUT2D eigenvalue weighted by molar-refractivity contribution is 0.0240. The van der Waals surface area contributed by atoms with Crippen molar-refractivity contribution in [2.75, 3.05) is 19.8 Å². The van der Waals surface area contributed by atoms with Crippen molar-refractivity contribution >= 4 is 17.3 Å². The molecule has 2 N–H and O–H groups in total. The SMILES string of the molecule is CC1(CNCc2ccc(C(=O)O)s2)CCOCC1. The smallest absolute Gasteiger partial charge is 0.345 e. The van der Waals surface area contributed by atoms with Gasteiger partial charge in [0, 0.05) is 31.2 Å². The molecule has 18 heavy (non-hydrogen) atoms. The maximum Gasteiger partial charge on any atom is 0.345 e. The van der Waals surface area contributed by atoms with Crippen LogP contribution in [0.5, 0.6) is 0 Å². The van der Waals surface area contributed by atoms with E-state index in [1.54, 1.807) is 6.07 Å². The van der Waals surface area contributed by atoms with Crippen LogP contribution in [0.15, 0.2) is 12.1 Å². The average Bonchev–Trinajstić information content (AvgIpc) is 2.78. The molecule has 0 saturated carbocycles. The van der Waals surface area contributed by atoms with Gasteiger partial charge in [-0.1, -0.05) is 6.92 Å². The minimum absolute atomic E-state index is 0.311. The zero-order valence-corrected chi connectivity index (χ0v) is 11.4. The Balaban J connectivity index is 1.78. The molecule has 1 fully saturated rings. The third kappa shape index (κ3) is 3.54. The van der Waals surface area contributed by atoms with Gasteiger partial charge in [0.25, 0.3) is 0 Å². The first-order valence-corrected chi connectivity index (χ1v) is 7.01. The number of rotatable bonds is 5. The Labute approximate surface area is 111 Å². The summed E-state index contributed by atoms with van der Waals surface area (Å²) in [6.07, 6.45) is 2.18. The molecule has 1 aromatic heterocycles. The number of ether oxygens (including phenoxy) is 1. The Bertz CT molecular complexity index is 410. The highest BCUT2D eigenvalue weighted by Crippen LogP contribution is 2.28. The zero-order chi connectivity index (χ0) is 13.0. The van der Waals surface area contributed by atoms with Gasteiger partial charge in [0.1, 0.15) is 4.88 Å². The summed E-state index contributed by atoms with van der Waals surface area (Å²) in [5.74, 6) is -0.845. The number of aromatic carboxylic acids is 1. The van der Waals surface area contributed by atoms with E-state index >= 15 is 0 Å². The fourth-order valence-corrected chi connectivity index (χ4v) is 2.93. The minimum Gasteiger partial charge on any atom is -0.477 e. The van der Waals surface area contributed by atoms with Crippen molar-refractivity contribution in [2.24, 2.45) is 5.41 Å². The molecule has 0 spiro atoms. The lowest BCUT2D eigenvalue weighted by Crippen LogP contribution is -2.36. The summed E-state index contributed by atoms with van der Waals surface area (Å²) in [4.78, 5) is 12.2. The van der Waals surface area contributed by atoms with Gasteiger partial charge < -0.3 is 15.2 Å². The van der Waals surface area contributed by atoms with E-state index in [1.165, 1.54) is 11.3 Å². The second-order valence-electron chi connectivity index (χ2n) is 5.10. The van der Waals surface area contributed by atoms with Gasteiger partial charge in [-0.3, -0.25) is 0 Å². The van der Waals surface area contributed by atoms with Crippen LogP contribution >= 0.6 is 11.3 Å². The molecule has 0 amide bonds. The van der Waals surface area contributed by atoms with Crippen molar-refractivity contribution in [3.05, 3.63) is 21.9 Å². The Kier molecular flexibility index (Phi) is 4.37. The average molecular weight is 269 g/mol. The van der Waals surface area contributed by atoms with E-state index in [0.717, 1.165) is 44.0 Å². The van der Waals surface area contributed by atoms with Crippen LogP contribution < -0.4 is 5.32 Å². The monoisotopic (exact) mass is 269 g/mol. The summed E-state index contributed by atoms with van der Waals surface area (Å²) in [6.45, 7) is 5.67. The highest BCUT2D eigenvalue weighted by Gasteiger charge is 2.26.